The second kappa shape index (κ2) is 7.13. The van der Waals surface area contributed by atoms with Crippen molar-refractivity contribution >= 4 is 16.7 Å². The van der Waals surface area contributed by atoms with Gasteiger partial charge >= 0.3 is 6.18 Å². The maximum atomic E-state index is 13.9. The van der Waals surface area contributed by atoms with Gasteiger partial charge in [0.05, 0.1) is 18.3 Å². The van der Waals surface area contributed by atoms with Gasteiger partial charge in [0.2, 0.25) is 0 Å². The van der Waals surface area contributed by atoms with Crippen molar-refractivity contribution in [2.24, 2.45) is 0 Å². The third kappa shape index (κ3) is 3.99. The largest absolute Gasteiger partial charge is 0.418 e. The monoisotopic (exact) mass is 391 g/mol. The van der Waals surface area contributed by atoms with E-state index in [1.165, 1.54) is 11.9 Å². The summed E-state index contributed by atoms with van der Waals surface area (Å²) in [5.74, 6) is 0.489. The summed E-state index contributed by atoms with van der Waals surface area (Å²) in [6.07, 6.45) is -2.00. The van der Waals surface area contributed by atoms with Gasteiger partial charge in [-0.2, -0.15) is 13.2 Å². The quantitative estimate of drug-likeness (QED) is 0.643. The van der Waals surface area contributed by atoms with Crippen LogP contribution in [0, 0.1) is 0 Å². The van der Waals surface area contributed by atoms with E-state index < -0.39 is 30.2 Å². The minimum Gasteiger partial charge on any atom is -0.379 e. The smallest absolute Gasteiger partial charge is 0.379 e. The van der Waals surface area contributed by atoms with Gasteiger partial charge in [-0.15, -0.1) is 0 Å². The first-order valence-electron chi connectivity index (χ1n) is 9.00. The molecule has 0 saturated carbocycles. The lowest BCUT2D eigenvalue weighted by molar-refractivity contribution is -0.262. The Bertz CT molecular complexity index is 904. The van der Waals surface area contributed by atoms with Gasteiger partial charge in [0, 0.05) is 18.6 Å². The summed E-state index contributed by atoms with van der Waals surface area (Å²) in [6.45, 7) is 2.84. The number of alkyl halides is 3. The molecule has 0 aliphatic carbocycles. The molecule has 3 aromatic rings. The number of anilines is 1. The van der Waals surface area contributed by atoms with Gasteiger partial charge in [-0.1, -0.05) is 44.2 Å². The lowest BCUT2D eigenvalue weighted by atomic mass is 9.74. The molecule has 0 radical (unpaired) electrons. The molecule has 1 unspecified atom stereocenters. The Labute approximate surface area is 162 Å². The third-order valence-electron chi connectivity index (χ3n) is 5.14. The van der Waals surface area contributed by atoms with Crippen LogP contribution in [0.25, 0.3) is 10.9 Å². The zero-order chi connectivity index (χ0) is 20.6. The fraction of sp³-hybridized carbons (Fsp3) is 0.381. The summed E-state index contributed by atoms with van der Waals surface area (Å²) >= 11 is 0. The van der Waals surface area contributed by atoms with Crippen molar-refractivity contribution in [1.29, 1.82) is 0 Å². The van der Waals surface area contributed by atoms with E-state index in [1.807, 2.05) is 6.07 Å². The highest BCUT2D eigenvalue weighted by molar-refractivity contribution is 5.83. The summed E-state index contributed by atoms with van der Waals surface area (Å²) < 4.78 is 41.8. The average molecular weight is 391 g/mol. The minimum atomic E-state index is -4.78. The SMILES string of the molecule is CN(CC(O)(CC(C)(C)c1ccccc1)C(F)(F)F)c1cc2ccncc2[nH]1. The molecular weight excluding hydrogens is 367 g/mol. The van der Waals surface area contributed by atoms with Crippen molar-refractivity contribution in [1.82, 2.24) is 9.97 Å². The predicted octanol–water partition coefficient (Wildman–Crippen LogP) is 4.66. The molecule has 1 aromatic carbocycles. The number of H-pyrrole nitrogens is 1. The Balaban J connectivity index is 1.88. The van der Waals surface area contributed by atoms with Gasteiger partial charge in [-0.25, -0.2) is 0 Å². The molecule has 0 amide bonds. The fourth-order valence-corrected chi connectivity index (χ4v) is 3.61. The normalized spacial score (nSPS) is 14.8. The van der Waals surface area contributed by atoms with Crippen LogP contribution in [0.5, 0.6) is 0 Å². The van der Waals surface area contributed by atoms with Crippen molar-refractivity contribution in [2.75, 3.05) is 18.5 Å². The second-order valence-corrected chi connectivity index (χ2v) is 7.93. The van der Waals surface area contributed by atoms with Gasteiger partial charge in [-0.3, -0.25) is 4.98 Å². The molecule has 150 valence electrons. The van der Waals surface area contributed by atoms with Crippen molar-refractivity contribution < 1.29 is 18.3 Å². The summed E-state index contributed by atoms with van der Waals surface area (Å²) in [5, 5.41) is 11.6. The van der Waals surface area contributed by atoms with Gasteiger partial charge in [-0.05, 0) is 29.5 Å². The Hall–Kier alpha value is -2.54. The molecule has 0 spiro atoms. The topological polar surface area (TPSA) is 52.1 Å². The van der Waals surface area contributed by atoms with E-state index in [4.69, 9.17) is 0 Å². The van der Waals surface area contributed by atoms with Crippen LogP contribution in [-0.2, 0) is 5.41 Å². The highest BCUT2D eigenvalue weighted by Crippen LogP contribution is 2.42. The number of likely N-dealkylation sites (N-methyl/N-ethyl adjacent to an activating group) is 1. The Morgan fingerprint density at radius 2 is 1.79 bits per heavy atom. The van der Waals surface area contributed by atoms with Crippen LogP contribution in [0.4, 0.5) is 19.0 Å². The van der Waals surface area contributed by atoms with Crippen molar-refractivity contribution in [2.45, 2.75) is 37.5 Å². The second-order valence-electron chi connectivity index (χ2n) is 7.93. The Kier molecular flexibility index (Phi) is 5.14. The standard InChI is InChI=1S/C21H24F3N3O/c1-19(2,16-7-5-4-6-8-16)13-20(28,21(22,23)24)14-27(3)18-11-15-9-10-25-12-17(15)26-18/h4-12,26,28H,13-14H2,1-3H3. The number of rotatable bonds is 6. The zero-order valence-corrected chi connectivity index (χ0v) is 16.1. The van der Waals surface area contributed by atoms with Crippen LogP contribution in [0.3, 0.4) is 0 Å². The third-order valence-corrected chi connectivity index (χ3v) is 5.14. The van der Waals surface area contributed by atoms with Crippen LogP contribution in [-0.4, -0.2) is 40.4 Å². The highest BCUT2D eigenvalue weighted by atomic mass is 19.4. The lowest BCUT2D eigenvalue weighted by Crippen LogP contribution is -2.55. The number of aromatic nitrogens is 2. The first kappa shape index (κ1) is 20.2. The molecule has 0 saturated heterocycles. The van der Waals surface area contributed by atoms with Crippen molar-refractivity contribution in [3.63, 3.8) is 0 Å². The number of aromatic amines is 1. The van der Waals surface area contributed by atoms with Gasteiger partial charge < -0.3 is 15.0 Å². The fourth-order valence-electron chi connectivity index (χ4n) is 3.61. The molecule has 28 heavy (non-hydrogen) atoms. The van der Waals surface area contributed by atoms with Crippen LogP contribution in [0.15, 0.2) is 54.9 Å². The summed E-state index contributed by atoms with van der Waals surface area (Å²) in [6, 6.07) is 12.5. The molecule has 4 nitrogen and oxygen atoms in total. The maximum absolute atomic E-state index is 13.9. The maximum Gasteiger partial charge on any atom is 0.418 e. The van der Waals surface area contributed by atoms with Crippen molar-refractivity contribution in [3.8, 4) is 0 Å². The van der Waals surface area contributed by atoms with E-state index in [-0.39, 0.29) is 0 Å². The van der Waals surface area contributed by atoms with Gasteiger partial charge in [0.15, 0.2) is 5.60 Å². The lowest BCUT2D eigenvalue weighted by Gasteiger charge is -2.40. The minimum absolute atomic E-state index is 0.459. The number of halogens is 3. The van der Waals surface area contributed by atoms with Crippen LogP contribution in [0.1, 0.15) is 25.8 Å². The van der Waals surface area contributed by atoms with Crippen molar-refractivity contribution in [3.05, 3.63) is 60.4 Å². The molecule has 1 atom stereocenters. The number of pyridine rings is 1. The highest BCUT2D eigenvalue weighted by Gasteiger charge is 2.56. The van der Waals surface area contributed by atoms with E-state index in [2.05, 4.69) is 9.97 Å². The molecule has 0 bridgehead atoms. The summed E-state index contributed by atoms with van der Waals surface area (Å²) in [4.78, 5) is 8.45. The molecule has 2 N–H and O–H groups in total. The molecular formula is C21H24F3N3O. The average Bonchev–Trinajstić information content (AvgIpc) is 3.05. The number of aliphatic hydroxyl groups is 1. The molecule has 0 aliphatic rings. The Morgan fingerprint density at radius 1 is 1.11 bits per heavy atom. The number of hydrogen-bond donors (Lipinski definition) is 2. The molecule has 2 aromatic heterocycles. The van der Waals surface area contributed by atoms with Crippen LogP contribution >= 0.6 is 0 Å². The molecule has 7 heteroatoms. The number of fused-ring (bicyclic) bond motifs is 1. The zero-order valence-electron chi connectivity index (χ0n) is 16.1. The van der Waals surface area contributed by atoms with E-state index in [1.54, 1.807) is 62.6 Å². The number of benzene rings is 1. The van der Waals surface area contributed by atoms with E-state index >= 15 is 0 Å². The van der Waals surface area contributed by atoms with Crippen LogP contribution in [0.2, 0.25) is 0 Å². The summed E-state index contributed by atoms with van der Waals surface area (Å²) in [5.41, 5.74) is -2.27. The first-order chi connectivity index (χ1) is 13.0. The number of hydrogen-bond acceptors (Lipinski definition) is 3. The molecule has 3 rings (SSSR count). The van der Waals surface area contributed by atoms with E-state index in [0.29, 0.717) is 5.82 Å². The first-order valence-corrected chi connectivity index (χ1v) is 9.00. The molecule has 0 fully saturated rings. The number of nitrogens with zero attached hydrogens (tertiary/aromatic N) is 2. The summed E-state index contributed by atoms with van der Waals surface area (Å²) in [7, 11) is 1.53. The molecule has 0 aliphatic heterocycles. The molecule has 2 heterocycles. The van der Waals surface area contributed by atoms with E-state index in [0.717, 1.165) is 16.5 Å². The van der Waals surface area contributed by atoms with Gasteiger partial charge in [0.25, 0.3) is 0 Å². The number of nitrogens with one attached hydrogen (secondary N) is 1. The predicted molar refractivity (Wildman–Crippen MR) is 104 cm³/mol. The van der Waals surface area contributed by atoms with Gasteiger partial charge in [0.1, 0.15) is 5.82 Å². The van der Waals surface area contributed by atoms with E-state index in [9.17, 15) is 18.3 Å². The van der Waals surface area contributed by atoms with Crippen LogP contribution < -0.4 is 4.90 Å². The Morgan fingerprint density at radius 3 is 2.39 bits per heavy atom.